The van der Waals surface area contributed by atoms with Crippen LogP contribution in [0.4, 0.5) is 37.7 Å². The van der Waals surface area contributed by atoms with E-state index in [-0.39, 0.29) is 136 Å². The number of amides is 3. The highest BCUT2D eigenvalue weighted by Crippen LogP contribution is 2.40. The normalized spacial score (nSPS) is 11.9. The molecule has 3 amide bonds. The predicted octanol–water partition coefficient (Wildman–Crippen LogP) is 21.6. The van der Waals surface area contributed by atoms with Gasteiger partial charge in [-0.2, -0.15) is 0 Å². The summed E-state index contributed by atoms with van der Waals surface area (Å²) in [6, 6.07) is 54.1. The minimum absolute atomic E-state index is 0.0472. The van der Waals surface area contributed by atoms with Gasteiger partial charge in [0.15, 0.2) is 33.6 Å². The van der Waals surface area contributed by atoms with E-state index in [1.165, 1.54) is 74.7 Å². The molecule has 3 aromatic heterocycles. The molecule has 15 rings (SSSR count). The van der Waals surface area contributed by atoms with Crippen molar-refractivity contribution in [3.05, 3.63) is 336 Å². The second-order valence-electron chi connectivity index (χ2n) is 33.1. The monoisotopic (exact) mass is 1930 g/mol. The molecule has 31 heteroatoms. The molecule has 0 saturated heterocycles. The maximum absolute atomic E-state index is 14.8. The Bertz CT molecular complexity index is 6210. The number of carbonyl (C=O) groups is 8. The zero-order valence-electron chi connectivity index (χ0n) is 76.8. The number of aromatic nitrogens is 3. The number of aromatic carboxylic acids is 1. The smallest absolute Gasteiger partial charge is 0.335 e. The number of benzene rings is 9. The van der Waals surface area contributed by atoms with Crippen LogP contribution < -0.4 is 41.5 Å². The van der Waals surface area contributed by atoms with Crippen LogP contribution >= 0.6 is 27.9 Å². The summed E-state index contributed by atoms with van der Waals surface area (Å²) in [5.41, 5.74) is 26.1. The number of nitrogen functional groups attached to an aromatic ring is 2. The molecule has 0 aliphatic carbocycles. The van der Waals surface area contributed by atoms with E-state index in [1.807, 2.05) is 91.8 Å². The molecule has 6 heterocycles. The quantitative estimate of drug-likeness (QED) is 0.0202. The zero-order chi connectivity index (χ0) is 98.8. The van der Waals surface area contributed by atoms with E-state index < -0.39 is 40.9 Å². The lowest BCUT2D eigenvalue weighted by Crippen LogP contribution is -2.24. The highest BCUT2D eigenvalue weighted by Gasteiger charge is 2.36. The Kier molecular flexibility index (Phi) is 38.0. The maximum Gasteiger partial charge on any atom is 0.335 e. The van der Waals surface area contributed by atoms with Crippen LogP contribution in [0.1, 0.15) is 205 Å². The molecule has 0 spiro atoms. The first kappa shape index (κ1) is 105. The number of nitrogens with one attached hydrogen (secondary N) is 1. The number of ketones is 3. The Balaban J connectivity index is 0.000000197. The number of ether oxygens (including phenoxy) is 4. The SMILES string of the molecule is CC(=O)OBr.CC(C)CC(=O)c1ccc(Cc2cc(-c3c(F)cccc3F)nc3c2C(=O)NC3)cc1.CC(C)CC(=O)c1ccc(N)cc1.CC(C)N.COc1ccc(CN2Cc3nc(-c4c(F)cccc4F)cc(Cc4ccc(C(=O)CC(C)C)cc4)c3C2=O)c(OC)c1.COc1ccc(CN2Cc3nc(-c4c(F)cccc4F)cc(Cl)c3C2=O)c(OC)c1.Nc1ccc(C(=O)O)cc1. The minimum Gasteiger partial charge on any atom is -0.497 e. The van der Waals surface area contributed by atoms with Gasteiger partial charge in [-0.25, -0.2) is 46.1 Å². The summed E-state index contributed by atoms with van der Waals surface area (Å²) in [5.74, 6) is -2.71. The third kappa shape index (κ3) is 28.7. The number of Topliss-reactive ketones (excluding diaryl/α,β-unsaturated/α-hetero) is 3. The number of pyridine rings is 3. The molecule has 0 bridgehead atoms. The molecule has 8 N–H and O–H groups in total. The molecule has 3 aliphatic rings. The molecule has 9 aromatic carbocycles. The van der Waals surface area contributed by atoms with Crippen molar-refractivity contribution >= 4 is 86.2 Å². The van der Waals surface area contributed by atoms with Gasteiger partial charge in [0, 0.05) is 77.5 Å². The lowest BCUT2D eigenvalue weighted by molar-refractivity contribution is -0.129. The van der Waals surface area contributed by atoms with Crippen molar-refractivity contribution in [3.8, 4) is 56.8 Å². The van der Waals surface area contributed by atoms with Crippen LogP contribution in [0, 0.1) is 52.7 Å². The molecule has 12 aromatic rings. The minimum atomic E-state index is -0.931. The molecule has 23 nitrogen and oxygen atoms in total. The number of carbonyl (C=O) groups excluding carboxylic acids is 7. The molecule has 0 radical (unpaired) electrons. The molecule has 706 valence electrons. The van der Waals surface area contributed by atoms with Gasteiger partial charge in [0.1, 0.15) is 57.9 Å². The summed E-state index contributed by atoms with van der Waals surface area (Å²) in [4.78, 5) is 112. The number of hydrogen-bond donors (Lipinski definition) is 5. The molecular formula is C104H105BrClF6N9O14. The number of carboxylic acids is 1. The van der Waals surface area contributed by atoms with Gasteiger partial charge < -0.3 is 60.2 Å². The van der Waals surface area contributed by atoms with Gasteiger partial charge in [-0.15, -0.1) is 0 Å². The predicted molar refractivity (Wildman–Crippen MR) is 510 cm³/mol. The van der Waals surface area contributed by atoms with Crippen molar-refractivity contribution in [2.45, 2.75) is 133 Å². The van der Waals surface area contributed by atoms with Gasteiger partial charge in [-0.3, -0.25) is 33.6 Å². The van der Waals surface area contributed by atoms with E-state index in [1.54, 1.807) is 128 Å². The van der Waals surface area contributed by atoms with Gasteiger partial charge >= 0.3 is 11.9 Å². The summed E-state index contributed by atoms with van der Waals surface area (Å²) in [7, 11) is 6.20. The van der Waals surface area contributed by atoms with Crippen LogP contribution in [0.15, 0.2) is 206 Å². The number of fused-ring (bicyclic) bond motifs is 3. The van der Waals surface area contributed by atoms with Crippen LogP contribution in [0.3, 0.4) is 0 Å². The number of hydrogen-bond acceptors (Lipinski definition) is 19. The second-order valence-corrected chi connectivity index (χ2v) is 33.8. The molecule has 0 fully saturated rings. The summed E-state index contributed by atoms with van der Waals surface area (Å²) in [5, 5.41) is 11.3. The maximum atomic E-state index is 14.8. The number of anilines is 2. The largest absolute Gasteiger partial charge is 0.497 e. The fraction of sp³-hybridized carbons (Fsp3) is 0.260. The molecule has 3 aliphatic heterocycles. The molecule has 0 unspecified atom stereocenters. The number of carboxylic acid groups (broad SMARTS) is 1. The lowest BCUT2D eigenvalue weighted by Gasteiger charge is -2.18. The van der Waals surface area contributed by atoms with Crippen LogP contribution in [-0.4, -0.2) is 111 Å². The number of halogens is 8. The molecular weight excluding hydrogens is 1830 g/mol. The number of rotatable bonds is 25. The van der Waals surface area contributed by atoms with E-state index in [0.29, 0.717) is 129 Å². The van der Waals surface area contributed by atoms with Crippen LogP contribution in [-0.2, 0) is 54.2 Å². The molecule has 135 heavy (non-hydrogen) atoms. The van der Waals surface area contributed by atoms with Crippen molar-refractivity contribution in [1.82, 2.24) is 30.1 Å². The zero-order valence-corrected chi connectivity index (χ0v) is 79.1. The van der Waals surface area contributed by atoms with E-state index in [4.69, 9.17) is 52.9 Å². The van der Waals surface area contributed by atoms with Crippen molar-refractivity contribution in [3.63, 3.8) is 0 Å². The lowest BCUT2D eigenvalue weighted by atomic mass is 9.95. The first-order valence-corrected chi connectivity index (χ1v) is 43.9. The van der Waals surface area contributed by atoms with Crippen LogP contribution in [0.2, 0.25) is 5.02 Å². The summed E-state index contributed by atoms with van der Waals surface area (Å²) in [6.07, 6.45) is 2.23. The Morgan fingerprint density at radius 3 is 1.09 bits per heavy atom. The van der Waals surface area contributed by atoms with Gasteiger partial charge in [-0.1, -0.05) is 134 Å². The fourth-order valence-corrected chi connectivity index (χ4v) is 14.7. The first-order chi connectivity index (χ1) is 64.2. The standard InChI is InChI=1S/C34H32F2N2O4.C25H22F2N2O2.C22H17ClF2N2O3.C11H15NO.C7H7NO2.C3H9N.C2H3BrO2/c1-20(2)14-30(39)22-10-8-21(9-11-22)15-24-16-28(33-26(35)6-5-7-27(33)36)37-29-19-38(34(40)32(24)29)18-23-12-13-25(41-3)17-31(23)42-4;1-14(2)10-22(30)16-8-6-15(7-9-16)11-17-12-20(24-18(26)4-3-5-19(24)27)29-21-13-28-25(31)23(17)21;1-29-13-7-6-12(19(8-13)30-2)10-27-11-18-20(22(27)28)14(23)9-17(26-18)21-15(24)4-3-5-16(21)25;1-8(2)7-11(13)9-3-5-10(12)6-4-9;8-6-3-1-5(2-4-6)7(9)10;1-3(2)4;1-2(4)5-3/h5-13,16-17,20H,14-15,18-19H2,1-4H3;3-9,12,14H,10-11,13H2,1-2H3,(H,28,31);3-9H,10-11H2,1-2H3;3-6,8H,7,12H2,1-2H3;1-4H,8H2,(H,9,10);3H,4H2,1-2H3;1H3. The summed E-state index contributed by atoms with van der Waals surface area (Å²) >= 11 is 8.78. The number of methoxy groups -OCH3 is 4. The number of nitrogens with two attached hydrogens (primary N) is 3. The van der Waals surface area contributed by atoms with Crippen molar-refractivity contribution in [2.24, 2.45) is 23.5 Å². The van der Waals surface area contributed by atoms with Gasteiger partial charge in [0.25, 0.3) is 17.7 Å². The Morgan fingerprint density at radius 1 is 0.437 bits per heavy atom. The average molecular weight is 1930 g/mol. The fourth-order valence-electron chi connectivity index (χ4n) is 14.4. The van der Waals surface area contributed by atoms with E-state index in [2.05, 4.69) is 40.4 Å². The highest BCUT2D eigenvalue weighted by molar-refractivity contribution is 9.06. The van der Waals surface area contributed by atoms with Crippen molar-refractivity contribution in [2.75, 3.05) is 39.9 Å². The van der Waals surface area contributed by atoms with Gasteiger partial charge in [0.05, 0.1) is 139 Å². The third-order valence-corrected chi connectivity index (χ3v) is 21.5. The second kappa shape index (κ2) is 49.0. The topological polar surface area (TPSA) is 338 Å². The average Bonchev–Trinajstić information content (AvgIpc) is 1.63. The Labute approximate surface area is 793 Å². The van der Waals surface area contributed by atoms with Crippen molar-refractivity contribution in [1.29, 1.82) is 0 Å². The van der Waals surface area contributed by atoms with E-state index in [9.17, 15) is 64.7 Å². The van der Waals surface area contributed by atoms with E-state index in [0.717, 1.165) is 39.9 Å². The highest BCUT2D eigenvalue weighted by atomic mass is 79.9. The van der Waals surface area contributed by atoms with Gasteiger partial charge in [0.2, 0.25) is 0 Å². The molecule has 0 saturated carbocycles. The Morgan fingerprint density at radius 2 is 0.756 bits per heavy atom. The first-order valence-electron chi connectivity index (χ1n) is 42.9. The van der Waals surface area contributed by atoms with Crippen LogP contribution in [0.5, 0.6) is 23.0 Å². The van der Waals surface area contributed by atoms with Gasteiger partial charge in [-0.05, 0) is 186 Å². The van der Waals surface area contributed by atoms with Crippen LogP contribution in [0.25, 0.3) is 33.8 Å². The Hall–Kier alpha value is -14.1. The summed E-state index contributed by atoms with van der Waals surface area (Å²) in [6.45, 7) is 18.3. The third-order valence-electron chi connectivity index (χ3n) is 20.7. The van der Waals surface area contributed by atoms with E-state index >= 15 is 0 Å². The number of nitrogens with zero attached hydrogens (tertiary/aromatic N) is 5. The van der Waals surface area contributed by atoms with Crippen molar-refractivity contribution < 1.29 is 92.6 Å². The molecule has 0 atom stereocenters. The summed E-state index contributed by atoms with van der Waals surface area (Å²) < 4.78 is 112.